The maximum absolute atomic E-state index is 11.3. The lowest BCUT2D eigenvalue weighted by Crippen LogP contribution is -2.40. The van der Waals surface area contributed by atoms with E-state index in [1.165, 1.54) is 6.42 Å². The van der Waals surface area contributed by atoms with Crippen LogP contribution in [0.15, 0.2) is 42.6 Å². The lowest BCUT2D eigenvalue weighted by molar-refractivity contribution is 0.00323. The highest BCUT2D eigenvalue weighted by Crippen LogP contribution is 2.43. The average Bonchev–Trinajstić information content (AvgIpc) is 3.18. The van der Waals surface area contributed by atoms with Crippen molar-refractivity contribution in [1.29, 1.82) is 0 Å². The second-order valence-electron chi connectivity index (χ2n) is 5.83. The van der Waals surface area contributed by atoms with Crippen LogP contribution in [0.1, 0.15) is 25.0 Å². The van der Waals surface area contributed by atoms with Crippen LogP contribution in [-0.4, -0.2) is 38.9 Å². The molecule has 0 bridgehead atoms. The first-order valence-electron chi connectivity index (χ1n) is 7.35. The summed E-state index contributed by atoms with van der Waals surface area (Å²) in [5, 5.41) is 15.7. The number of para-hydroxylation sites is 1. The van der Waals surface area contributed by atoms with E-state index in [0.29, 0.717) is 0 Å². The van der Waals surface area contributed by atoms with Gasteiger partial charge in [0, 0.05) is 18.8 Å². The van der Waals surface area contributed by atoms with Gasteiger partial charge in [-0.1, -0.05) is 18.2 Å². The van der Waals surface area contributed by atoms with Gasteiger partial charge in [-0.2, -0.15) is 5.10 Å². The van der Waals surface area contributed by atoms with Crippen molar-refractivity contribution in [2.24, 2.45) is 0 Å². The van der Waals surface area contributed by atoms with E-state index < -0.39 is 5.60 Å². The summed E-state index contributed by atoms with van der Waals surface area (Å²) < 4.78 is 1.89. The van der Waals surface area contributed by atoms with Crippen LogP contribution in [0, 0.1) is 0 Å². The predicted molar refractivity (Wildman–Crippen MR) is 76.7 cm³/mol. The third kappa shape index (κ3) is 1.65. The highest BCUT2D eigenvalue weighted by atomic mass is 16.3. The Morgan fingerprint density at radius 1 is 1.15 bits per heavy atom. The van der Waals surface area contributed by atoms with Crippen molar-refractivity contribution in [3.63, 3.8) is 0 Å². The number of rotatable bonds is 2. The molecule has 1 N–H and O–H groups in total. The highest BCUT2D eigenvalue weighted by molar-refractivity contribution is 5.35. The summed E-state index contributed by atoms with van der Waals surface area (Å²) in [5.41, 5.74) is 1.18. The molecule has 2 aromatic rings. The monoisotopic (exact) mass is 269 g/mol. The Bertz CT molecular complexity index is 609. The molecule has 104 valence electrons. The fraction of sp³-hybridized carbons (Fsp3) is 0.438. The summed E-state index contributed by atoms with van der Waals surface area (Å²) in [4.78, 5) is 2.42. The molecule has 2 saturated heterocycles. The molecule has 0 aliphatic carbocycles. The molecule has 4 rings (SSSR count). The van der Waals surface area contributed by atoms with E-state index >= 15 is 0 Å². The molecule has 2 aliphatic heterocycles. The third-order valence-corrected chi connectivity index (χ3v) is 4.78. The maximum Gasteiger partial charge on any atom is 0.123 e. The van der Waals surface area contributed by atoms with E-state index in [-0.39, 0.29) is 6.04 Å². The van der Waals surface area contributed by atoms with Crippen molar-refractivity contribution in [1.82, 2.24) is 14.7 Å². The Morgan fingerprint density at radius 2 is 2.00 bits per heavy atom. The van der Waals surface area contributed by atoms with Gasteiger partial charge < -0.3 is 5.11 Å². The first kappa shape index (κ1) is 12.1. The van der Waals surface area contributed by atoms with E-state index in [2.05, 4.69) is 10.00 Å². The molecular weight excluding hydrogens is 250 g/mol. The van der Waals surface area contributed by atoms with Crippen LogP contribution in [0.25, 0.3) is 5.69 Å². The minimum atomic E-state index is -0.761. The van der Waals surface area contributed by atoms with Crippen molar-refractivity contribution >= 4 is 0 Å². The Morgan fingerprint density at radius 3 is 2.85 bits per heavy atom. The number of hydrogen-bond donors (Lipinski definition) is 1. The Hall–Kier alpha value is -1.65. The first-order valence-corrected chi connectivity index (χ1v) is 7.35. The normalized spacial score (nSPS) is 29.8. The third-order valence-electron chi connectivity index (χ3n) is 4.78. The van der Waals surface area contributed by atoms with Gasteiger partial charge in [0.1, 0.15) is 5.60 Å². The number of nitrogens with zero attached hydrogens (tertiary/aromatic N) is 3. The molecule has 4 heteroatoms. The molecule has 0 amide bonds. The number of aliphatic hydroxyl groups is 1. The zero-order valence-corrected chi connectivity index (χ0v) is 11.4. The number of hydrogen-bond acceptors (Lipinski definition) is 3. The fourth-order valence-electron chi connectivity index (χ4n) is 3.82. The maximum atomic E-state index is 11.3. The standard InChI is InChI=1S/C16H19N3O/c20-16(9-12-18-11-4-7-14(16)18)15-8-10-17-19(15)13-5-2-1-3-6-13/h1-3,5-6,8,10,14,20H,4,7,9,11-12H2. The number of aromatic nitrogens is 2. The van der Waals surface area contributed by atoms with E-state index in [9.17, 15) is 5.11 Å². The average molecular weight is 269 g/mol. The van der Waals surface area contributed by atoms with E-state index in [4.69, 9.17) is 0 Å². The zero-order chi connectivity index (χ0) is 13.6. The van der Waals surface area contributed by atoms with Crippen LogP contribution >= 0.6 is 0 Å². The molecule has 2 aliphatic rings. The molecular formula is C16H19N3O. The van der Waals surface area contributed by atoms with Crippen LogP contribution in [0.3, 0.4) is 0 Å². The van der Waals surface area contributed by atoms with Gasteiger partial charge in [-0.05, 0) is 44.0 Å². The van der Waals surface area contributed by atoms with Gasteiger partial charge in [0.05, 0.1) is 11.4 Å². The second-order valence-corrected chi connectivity index (χ2v) is 5.83. The summed E-state index contributed by atoms with van der Waals surface area (Å²) in [5.74, 6) is 0. The van der Waals surface area contributed by atoms with Gasteiger partial charge in [0.25, 0.3) is 0 Å². The van der Waals surface area contributed by atoms with Crippen molar-refractivity contribution in [3.8, 4) is 5.69 Å². The Kier molecular flexibility index (Phi) is 2.69. The van der Waals surface area contributed by atoms with Crippen LogP contribution in [0.4, 0.5) is 0 Å². The van der Waals surface area contributed by atoms with Gasteiger partial charge in [0.15, 0.2) is 0 Å². The molecule has 0 saturated carbocycles. The molecule has 1 aromatic carbocycles. The van der Waals surface area contributed by atoms with Gasteiger partial charge >= 0.3 is 0 Å². The zero-order valence-electron chi connectivity index (χ0n) is 11.4. The van der Waals surface area contributed by atoms with Crippen LogP contribution in [0.2, 0.25) is 0 Å². The fourth-order valence-corrected chi connectivity index (χ4v) is 3.82. The van der Waals surface area contributed by atoms with Crippen molar-refractivity contribution in [2.45, 2.75) is 30.9 Å². The van der Waals surface area contributed by atoms with Crippen LogP contribution in [-0.2, 0) is 5.60 Å². The molecule has 0 spiro atoms. The SMILES string of the molecule is OC1(c2ccnn2-c2ccccc2)CCN2CCCC21. The van der Waals surface area contributed by atoms with E-state index in [1.807, 2.05) is 41.1 Å². The molecule has 4 nitrogen and oxygen atoms in total. The number of benzene rings is 1. The lowest BCUT2D eigenvalue weighted by atomic mass is 9.89. The van der Waals surface area contributed by atoms with Gasteiger partial charge in [-0.15, -0.1) is 0 Å². The molecule has 3 heterocycles. The number of fused-ring (bicyclic) bond motifs is 1. The predicted octanol–water partition coefficient (Wildman–Crippen LogP) is 1.93. The van der Waals surface area contributed by atoms with Gasteiger partial charge in [-0.3, -0.25) is 4.90 Å². The first-order chi connectivity index (χ1) is 9.79. The van der Waals surface area contributed by atoms with Crippen molar-refractivity contribution in [2.75, 3.05) is 13.1 Å². The Balaban J connectivity index is 1.78. The van der Waals surface area contributed by atoms with Gasteiger partial charge in [0.2, 0.25) is 0 Å². The molecule has 2 fully saturated rings. The second kappa shape index (κ2) is 4.43. The largest absolute Gasteiger partial charge is 0.382 e. The lowest BCUT2D eigenvalue weighted by Gasteiger charge is -2.30. The minimum Gasteiger partial charge on any atom is -0.382 e. The topological polar surface area (TPSA) is 41.3 Å². The molecule has 0 radical (unpaired) electrons. The summed E-state index contributed by atoms with van der Waals surface area (Å²) in [7, 11) is 0. The minimum absolute atomic E-state index is 0.252. The summed E-state index contributed by atoms with van der Waals surface area (Å²) in [6.07, 6.45) is 4.86. The summed E-state index contributed by atoms with van der Waals surface area (Å²) >= 11 is 0. The van der Waals surface area contributed by atoms with Crippen LogP contribution < -0.4 is 0 Å². The molecule has 2 atom stereocenters. The smallest absolute Gasteiger partial charge is 0.123 e. The summed E-state index contributed by atoms with van der Waals surface area (Å²) in [6, 6.07) is 12.3. The van der Waals surface area contributed by atoms with E-state index in [0.717, 1.165) is 37.3 Å². The molecule has 20 heavy (non-hydrogen) atoms. The van der Waals surface area contributed by atoms with Crippen molar-refractivity contribution < 1.29 is 5.11 Å². The van der Waals surface area contributed by atoms with Crippen LogP contribution in [0.5, 0.6) is 0 Å². The van der Waals surface area contributed by atoms with E-state index in [1.54, 1.807) is 6.20 Å². The highest BCUT2D eigenvalue weighted by Gasteiger charge is 2.50. The molecule has 2 unspecified atom stereocenters. The Labute approximate surface area is 118 Å². The summed E-state index contributed by atoms with van der Waals surface area (Å²) in [6.45, 7) is 2.10. The van der Waals surface area contributed by atoms with Crippen molar-refractivity contribution in [3.05, 3.63) is 48.3 Å². The molecule has 1 aromatic heterocycles. The van der Waals surface area contributed by atoms with Gasteiger partial charge in [-0.25, -0.2) is 4.68 Å². The quantitative estimate of drug-likeness (QED) is 0.905.